The van der Waals surface area contributed by atoms with Crippen LogP contribution in [0, 0.1) is 40.4 Å². The van der Waals surface area contributed by atoms with Crippen LogP contribution in [0.5, 0.6) is 0 Å². The van der Waals surface area contributed by atoms with Gasteiger partial charge < -0.3 is 5.11 Å². The van der Waals surface area contributed by atoms with Crippen molar-refractivity contribution >= 4 is 16.8 Å². The number of aromatic nitrogens is 3. The molecule has 0 radical (unpaired) electrons. The monoisotopic (exact) mass is 451 g/mol. The maximum atomic E-state index is 13.6. The lowest BCUT2D eigenvalue weighted by Gasteiger charge is -2.59. The van der Waals surface area contributed by atoms with Crippen LogP contribution in [-0.2, 0) is 11.3 Å². The zero-order valence-corrected chi connectivity index (χ0v) is 20.8. The van der Waals surface area contributed by atoms with E-state index in [2.05, 4.69) is 31.1 Å². The quantitative estimate of drug-likeness (QED) is 0.616. The minimum Gasteiger partial charge on any atom is -0.393 e. The summed E-state index contributed by atoms with van der Waals surface area (Å²) in [6.45, 7) is 9.58. The first-order chi connectivity index (χ1) is 15.8. The molecule has 0 spiro atoms. The van der Waals surface area contributed by atoms with Crippen LogP contribution in [0.25, 0.3) is 11.0 Å². The standard InChI is InChI=1S/C28H41N3O2/c1-5-27(3)19(16-18(2)32)10-11-20-21-12-13-23(28(21,4)15-14-22(20)27)26(33)17-31-25-9-7-6-8-24(25)29-30-31/h6-9,18-23,32H,5,10-17H2,1-4H3/t18?,19-,20-,21-,22-,23+,27-,28-/m0/s1. The summed E-state index contributed by atoms with van der Waals surface area (Å²) in [4.78, 5) is 13.6. The second-order valence-corrected chi connectivity index (χ2v) is 12.0. The fourth-order valence-corrected chi connectivity index (χ4v) is 8.71. The number of carbonyl (C=O) groups is 1. The molecule has 1 heterocycles. The largest absolute Gasteiger partial charge is 0.393 e. The van der Waals surface area contributed by atoms with E-state index < -0.39 is 0 Å². The zero-order valence-electron chi connectivity index (χ0n) is 20.8. The number of fused-ring (bicyclic) bond motifs is 4. The molecule has 2 aromatic rings. The summed E-state index contributed by atoms with van der Waals surface area (Å²) in [5.74, 6) is 3.20. The van der Waals surface area contributed by atoms with Crippen LogP contribution in [0.15, 0.2) is 24.3 Å². The smallest absolute Gasteiger partial charge is 0.157 e. The number of ketones is 1. The van der Waals surface area contributed by atoms with Gasteiger partial charge in [0.05, 0.1) is 11.6 Å². The molecule has 1 aromatic heterocycles. The van der Waals surface area contributed by atoms with Crippen molar-refractivity contribution in [2.45, 2.75) is 91.7 Å². The Hall–Kier alpha value is -1.75. The van der Waals surface area contributed by atoms with Crippen molar-refractivity contribution in [1.82, 2.24) is 15.0 Å². The molecule has 5 heteroatoms. The van der Waals surface area contributed by atoms with Gasteiger partial charge in [-0.15, -0.1) is 5.10 Å². The fraction of sp³-hybridized carbons (Fsp3) is 0.750. The van der Waals surface area contributed by atoms with E-state index in [-0.39, 0.29) is 17.4 Å². The number of benzene rings is 1. The van der Waals surface area contributed by atoms with E-state index in [1.807, 2.05) is 31.2 Å². The summed E-state index contributed by atoms with van der Waals surface area (Å²) < 4.78 is 1.80. The van der Waals surface area contributed by atoms with Crippen LogP contribution >= 0.6 is 0 Å². The minimum absolute atomic E-state index is 0.112. The maximum absolute atomic E-state index is 13.6. The average Bonchev–Trinajstić information content (AvgIpc) is 3.36. The van der Waals surface area contributed by atoms with E-state index in [1.165, 1.54) is 32.1 Å². The number of hydrogen-bond acceptors (Lipinski definition) is 4. The van der Waals surface area contributed by atoms with Crippen LogP contribution in [0.4, 0.5) is 0 Å². The summed E-state index contributed by atoms with van der Waals surface area (Å²) in [5, 5.41) is 18.7. The Labute approximate surface area is 198 Å². The van der Waals surface area contributed by atoms with Crippen molar-refractivity contribution < 1.29 is 9.90 Å². The molecule has 33 heavy (non-hydrogen) atoms. The molecule has 1 unspecified atom stereocenters. The van der Waals surface area contributed by atoms with Crippen LogP contribution in [0.1, 0.15) is 79.1 Å². The van der Waals surface area contributed by atoms with Gasteiger partial charge in [-0.3, -0.25) is 4.79 Å². The topological polar surface area (TPSA) is 68.0 Å². The molecular formula is C28H41N3O2. The van der Waals surface area contributed by atoms with Gasteiger partial charge in [0.15, 0.2) is 5.78 Å². The van der Waals surface area contributed by atoms with E-state index in [4.69, 9.17) is 0 Å². The second-order valence-electron chi connectivity index (χ2n) is 12.0. The second kappa shape index (κ2) is 8.48. The first kappa shape index (κ1) is 23.0. The van der Waals surface area contributed by atoms with Crippen molar-refractivity contribution in [2.75, 3.05) is 0 Å². The van der Waals surface area contributed by atoms with Crippen LogP contribution in [0.2, 0.25) is 0 Å². The van der Waals surface area contributed by atoms with E-state index >= 15 is 0 Å². The lowest BCUT2D eigenvalue weighted by atomic mass is 9.46. The van der Waals surface area contributed by atoms with Gasteiger partial charge in [0.1, 0.15) is 12.1 Å². The number of rotatable bonds is 6. The number of aliphatic hydroxyl groups is 1. The van der Waals surface area contributed by atoms with Gasteiger partial charge in [-0.2, -0.15) is 0 Å². The lowest BCUT2D eigenvalue weighted by Crippen LogP contribution is -2.52. The predicted molar refractivity (Wildman–Crippen MR) is 130 cm³/mol. The third kappa shape index (κ3) is 3.66. The average molecular weight is 452 g/mol. The molecule has 3 saturated carbocycles. The molecular weight excluding hydrogens is 410 g/mol. The Morgan fingerprint density at radius 1 is 1.15 bits per heavy atom. The highest BCUT2D eigenvalue weighted by atomic mass is 16.3. The fourth-order valence-electron chi connectivity index (χ4n) is 8.71. The predicted octanol–water partition coefficient (Wildman–Crippen LogP) is 5.66. The Kier molecular flexibility index (Phi) is 5.91. The first-order valence-corrected chi connectivity index (χ1v) is 13.3. The van der Waals surface area contributed by atoms with Crippen molar-refractivity contribution in [2.24, 2.45) is 40.4 Å². The number of nitrogens with zero attached hydrogens (tertiary/aromatic N) is 3. The summed E-state index contributed by atoms with van der Waals surface area (Å²) in [6, 6.07) is 7.91. The third-order valence-corrected chi connectivity index (χ3v) is 10.6. The molecule has 0 saturated heterocycles. The summed E-state index contributed by atoms with van der Waals surface area (Å²) in [5.41, 5.74) is 2.22. The van der Waals surface area contributed by atoms with Crippen molar-refractivity contribution in [3.63, 3.8) is 0 Å². The summed E-state index contributed by atoms with van der Waals surface area (Å²) >= 11 is 0. The number of aliphatic hydroxyl groups excluding tert-OH is 1. The SMILES string of the molecule is CC[C@@]1(C)[C@H](CC(C)O)CC[C@@H]2[C@@H]1CC[C@]1(C)[C@@H](C(=O)Cn3nnc4ccccc43)CC[C@@H]21. The molecule has 0 aliphatic heterocycles. The van der Waals surface area contributed by atoms with E-state index in [9.17, 15) is 9.90 Å². The Balaban J connectivity index is 1.35. The molecule has 5 rings (SSSR count). The van der Waals surface area contributed by atoms with Crippen molar-refractivity contribution in [3.05, 3.63) is 24.3 Å². The van der Waals surface area contributed by atoms with Gasteiger partial charge in [-0.25, -0.2) is 4.68 Å². The minimum atomic E-state index is -0.215. The van der Waals surface area contributed by atoms with E-state index in [0.717, 1.165) is 42.1 Å². The molecule has 0 amide bonds. The summed E-state index contributed by atoms with van der Waals surface area (Å²) in [6.07, 6.45) is 9.01. The molecule has 3 aliphatic carbocycles. The highest BCUT2D eigenvalue weighted by Gasteiger charge is 2.60. The van der Waals surface area contributed by atoms with Gasteiger partial charge >= 0.3 is 0 Å². The van der Waals surface area contributed by atoms with Gasteiger partial charge in [0, 0.05) is 5.92 Å². The normalized spacial score (nSPS) is 39.2. The Morgan fingerprint density at radius 3 is 2.70 bits per heavy atom. The number of carbonyl (C=O) groups excluding carboxylic acids is 1. The maximum Gasteiger partial charge on any atom is 0.157 e. The molecule has 8 atom stereocenters. The lowest BCUT2D eigenvalue weighted by molar-refractivity contribution is -0.134. The van der Waals surface area contributed by atoms with Crippen LogP contribution < -0.4 is 0 Å². The van der Waals surface area contributed by atoms with E-state index in [1.54, 1.807) is 4.68 Å². The number of hydrogen-bond donors (Lipinski definition) is 1. The van der Waals surface area contributed by atoms with Gasteiger partial charge in [0.2, 0.25) is 0 Å². The van der Waals surface area contributed by atoms with Crippen molar-refractivity contribution in [3.8, 4) is 0 Å². The Bertz CT molecular complexity index is 1020. The van der Waals surface area contributed by atoms with E-state index in [0.29, 0.717) is 29.6 Å². The highest BCUT2D eigenvalue weighted by Crippen LogP contribution is 2.66. The van der Waals surface area contributed by atoms with Gasteiger partial charge in [-0.05, 0) is 98.5 Å². The Morgan fingerprint density at radius 2 is 1.94 bits per heavy atom. The first-order valence-electron chi connectivity index (χ1n) is 13.3. The molecule has 1 aromatic carbocycles. The highest BCUT2D eigenvalue weighted by molar-refractivity contribution is 5.84. The number of Topliss-reactive ketones (excluding diaryl/α,β-unsaturated/α-hetero) is 1. The number of para-hydroxylation sites is 1. The molecule has 3 aliphatic rings. The van der Waals surface area contributed by atoms with Crippen molar-refractivity contribution in [1.29, 1.82) is 0 Å². The molecule has 1 N–H and O–H groups in total. The van der Waals surface area contributed by atoms with Crippen LogP contribution in [-0.4, -0.2) is 32.0 Å². The molecule has 0 bridgehead atoms. The van der Waals surface area contributed by atoms with Gasteiger partial charge in [0.25, 0.3) is 0 Å². The van der Waals surface area contributed by atoms with Gasteiger partial charge in [-0.1, -0.05) is 44.5 Å². The molecule has 5 nitrogen and oxygen atoms in total. The molecule has 3 fully saturated rings. The summed E-state index contributed by atoms with van der Waals surface area (Å²) in [7, 11) is 0. The van der Waals surface area contributed by atoms with Crippen LogP contribution in [0.3, 0.4) is 0 Å². The molecule has 180 valence electrons. The third-order valence-electron chi connectivity index (χ3n) is 10.6. The zero-order chi connectivity index (χ0) is 23.4.